The summed E-state index contributed by atoms with van der Waals surface area (Å²) in [6.45, 7) is 4.69. The van der Waals surface area contributed by atoms with Gasteiger partial charge in [-0.15, -0.1) is 0 Å². The highest BCUT2D eigenvalue weighted by molar-refractivity contribution is 5.97. The summed E-state index contributed by atoms with van der Waals surface area (Å²) in [5, 5.41) is 5.87. The van der Waals surface area contributed by atoms with Crippen molar-refractivity contribution in [1.29, 1.82) is 0 Å². The number of likely N-dealkylation sites (tertiary alicyclic amines) is 1. The van der Waals surface area contributed by atoms with Crippen LogP contribution in [0.3, 0.4) is 0 Å². The maximum absolute atomic E-state index is 14.0. The first-order valence-corrected chi connectivity index (χ1v) is 11.1. The van der Waals surface area contributed by atoms with E-state index in [2.05, 4.69) is 10.6 Å². The van der Waals surface area contributed by atoms with Gasteiger partial charge in [-0.05, 0) is 56.4 Å². The molecule has 32 heavy (non-hydrogen) atoms. The third-order valence-electron chi connectivity index (χ3n) is 6.01. The van der Waals surface area contributed by atoms with E-state index in [0.717, 1.165) is 6.42 Å². The number of halogens is 1. The third-order valence-corrected chi connectivity index (χ3v) is 6.01. The van der Waals surface area contributed by atoms with Gasteiger partial charge in [0, 0.05) is 24.7 Å². The minimum atomic E-state index is -0.706. The summed E-state index contributed by atoms with van der Waals surface area (Å²) in [7, 11) is 0. The minimum Gasteiger partial charge on any atom is -0.352 e. The Morgan fingerprint density at radius 1 is 1.00 bits per heavy atom. The first-order chi connectivity index (χ1) is 15.4. The normalized spacial score (nSPS) is 16.2. The van der Waals surface area contributed by atoms with Crippen molar-refractivity contribution in [2.24, 2.45) is 5.92 Å². The van der Waals surface area contributed by atoms with Crippen molar-refractivity contribution in [2.75, 3.05) is 13.1 Å². The van der Waals surface area contributed by atoms with Crippen molar-refractivity contribution in [2.45, 2.75) is 45.2 Å². The Labute approximate surface area is 188 Å². The van der Waals surface area contributed by atoms with Crippen LogP contribution in [0.25, 0.3) is 0 Å². The predicted molar refractivity (Wildman–Crippen MR) is 121 cm³/mol. The zero-order chi connectivity index (χ0) is 23.1. The van der Waals surface area contributed by atoms with Gasteiger partial charge in [-0.2, -0.15) is 0 Å². The minimum absolute atomic E-state index is 0.0126. The summed E-state index contributed by atoms with van der Waals surface area (Å²) in [6.07, 6.45) is 1.85. The summed E-state index contributed by atoms with van der Waals surface area (Å²) in [4.78, 5) is 40.1. The van der Waals surface area contributed by atoms with E-state index < -0.39 is 11.9 Å². The van der Waals surface area contributed by atoms with Crippen LogP contribution in [0.4, 0.5) is 4.39 Å². The average molecular weight is 440 g/mol. The summed E-state index contributed by atoms with van der Waals surface area (Å²) >= 11 is 0. The van der Waals surface area contributed by atoms with E-state index in [4.69, 9.17) is 0 Å². The molecule has 0 saturated carbocycles. The number of benzene rings is 2. The summed E-state index contributed by atoms with van der Waals surface area (Å²) < 4.78 is 14.0. The fourth-order valence-corrected chi connectivity index (χ4v) is 3.89. The Morgan fingerprint density at radius 2 is 1.62 bits per heavy atom. The molecule has 170 valence electrons. The van der Waals surface area contributed by atoms with Crippen LogP contribution in [-0.2, 0) is 4.79 Å². The number of nitrogens with one attached hydrogen (secondary N) is 2. The van der Waals surface area contributed by atoms with Crippen LogP contribution in [0.1, 0.15) is 53.8 Å². The van der Waals surface area contributed by atoms with E-state index in [9.17, 15) is 18.8 Å². The predicted octanol–water partition coefficient (Wildman–Crippen LogP) is 3.39. The largest absolute Gasteiger partial charge is 0.352 e. The Balaban J connectivity index is 1.70. The molecular weight excluding hydrogens is 409 g/mol. The molecule has 1 aliphatic rings. The molecule has 0 bridgehead atoms. The molecule has 1 heterocycles. The smallest absolute Gasteiger partial charge is 0.256 e. The van der Waals surface area contributed by atoms with Crippen molar-refractivity contribution in [3.63, 3.8) is 0 Å². The number of hydrogen-bond acceptors (Lipinski definition) is 3. The number of piperidine rings is 1. The summed E-state index contributed by atoms with van der Waals surface area (Å²) in [5.74, 6) is -1.55. The van der Waals surface area contributed by atoms with Gasteiger partial charge in [-0.1, -0.05) is 37.3 Å². The van der Waals surface area contributed by atoms with Gasteiger partial charge in [-0.3, -0.25) is 14.4 Å². The lowest BCUT2D eigenvalue weighted by atomic mass is 9.88. The lowest BCUT2D eigenvalue weighted by molar-refractivity contribution is -0.125. The number of carbonyl (C=O) groups excluding carboxylic acids is 3. The van der Waals surface area contributed by atoms with E-state index in [1.54, 1.807) is 41.3 Å². The number of carbonyl (C=O) groups is 3. The molecule has 1 fully saturated rings. The van der Waals surface area contributed by atoms with Gasteiger partial charge in [0.15, 0.2) is 0 Å². The van der Waals surface area contributed by atoms with Crippen molar-refractivity contribution < 1.29 is 18.8 Å². The number of amides is 3. The van der Waals surface area contributed by atoms with Crippen molar-refractivity contribution in [3.8, 4) is 0 Å². The molecule has 3 rings (SSSR count). The van der Waals surface area contributed by atoms with Crippen LogP contribution in [0.15, 0.2) is 54.6 Å². The molecule has 7 heteroatoms. The Bertz CT molecular complexity index is 942. The molecule has 2 unspecified atom stereocenters. The molecule has 1 saturated heterocycles. The van der Waals surface area contributed by atoms with E-state index in [-0.39, 0.29) is 35.2 Å². The quantitative estimate of drug-likeness (QED) is 0.694. The summed E-state index contributed by atoms with van der Waals surface area (Å²) in [5.41, 5.74) is 0.537. The molecular formula is C25H30FN3O3. The zero-order valence-corrected chi connectivity index (χ0v) is 18.5. The lowest BCUT2D eigenvalue weighted by Gasteiger charge is -2.36. The van der Waals surface area contributed by atoms with Crippen LogP contribution in [0.5, 0.6) is 0 Å². The Kier molecular flexibility index (Phi) is 7.98. The van der Waals surface area contributed by atoms with Gasteiger partial charge in [0.1, 0.15) is 11.9 Å². The highest BCUT2D eigenvalue weighted by Crippen LogP contribution is 2.24. The second-order valence-corrected chi connectivity index (χ2v) is 8.24. The Morgan fingerprint density at radius 3 is 2.25 bits per heavy atom. The highest BCUT2D eigenvalue weighted by Gasteiger charge is 2.34. The second-order valence-electron chi connectivity index (χ2n) is 8.24. The number of hydrogen-bond donors (Lipinski definition) is 2. The molecule has 0 radical (unpaired) electrons. The van der Waals surface area contributed by atoms with Gasteiger partial charge in [0.05, 0.1) is 5.56 Å². The fraction of sp³-hybridized carbons (Fsp3) is 0.400. The van der Waals surface area contributed by atoms with Gasteiger partial charge in [0.25, 0.3) is 11.8 Å². The van der Waals surface area contributed by atoms with Crippen molar-refractivity contribution >= 4 is 17.7 Å². The molecule has 2 atom stereocenters. The molecule has 2 N–H and O–H groups in total. The SMILES string of the molecule is CCC(C)NC(=O)C(NC(=O)c1ccccc1)C1CCN(C(=O)c2ccccc2F)CC1. The topological polar surface area (TPSA) is 78.5 Å². The van der Waals surface area contributed by atoms with Crippen LogP contribution in [-0.4, -0.2) is 47.8 Å². The molecule has 2 aromatic rings. The van der Waals surface area contributed by atoms with E-state index in [1.807, 2.05) is 19.9 Å². The molecule has 3 amide bonds. The molecule has 0 spiro atoms. The monoisotopic (exact) mass is 439 g/mol. The first kappa shape index (κ1) is 23.4. The van der Waals surface area contributed by atoms with Crippen LogP contribution in [0, 0.1) is 11.7 Å². The lowest BCUT2D eigenvalue weighted by Crippen LogP contribution is -2.55. The number of nitrogens with zero attached hydrogens (tertiary/aromatic N) is 1. The number of rotatable bonds is 7. The average Bonchev–Trinajstić information content (AvgIpc) is 2.82. The van der Waals surface area contributed by atoms with E-state index >= 15 is 0 Å². The van der Waals surface area contributed by atoms with Crippen LogP contribution in [0.2, 0.25) is 0 Å². The first-order valence-electron chi connectivity index (χ1n) is 11.1. The third kappa shape index (κ3) is 5.72. The molecule has 2 aromatic carbocycles. The van der Waals surface area contributed by atoms with Crippen molar-refractivity contribution in [3.05, 3.63) is 71.5 Å². The molecule has 0 aromatic heterocycles. The Hall–Kier alpha value is -3.22. The second kappa shape index (κ2) is 10.9. The standard InChI is InChI=1S/C25H30FN3O3/c1-3-17(2)27-24(31)22(28-23(30)19-9-5-4-6-10-19)18-13-15-29(16-14-18)25(32)20-11-7-8-12-21(20)26/h4-12,17-18,22H,3,13-16H2,1-2H3,(H,27,31)(H,28,30). The maximum Gasteiger partial charge on any atom is 0.256 e. The van der Waals surface area contributed by atoms with Gasteiger partial charge in [0.2, 0.25) is 5.91 Å². The highest BCUT2D eigenvalue weighted by atomic mass is 19.1. The van der Waals surface area contributed by atoms with Gasteiger partial charge >= 0.3 is 0 Å². The van der Waals surface area contributed by atoms with Crippen molar-refractivity contribution in [1.82, 2.24) is 15.5 Å². The maximum atomic E-state index is 14.0. The fourth-order valence-electron chi connectivity index (χ4n) is 3.89. The van der Waals surface area contributed by atoms with Gasteiger partial charge < -0.3 is 15.5 Å². The summed E-state index contributed by atoms with van der Waals surface area (Å²) in [6, 6.07) is 14.0. The molecule has 1 aliphatic heterocycles. The molecule has 6 nitrogen and oxygen atoms in total. The van der Waals surface area contributed by atoms with E-state index in [0.29, 0.717) is 31.5 Å². The van der Waals surface area contributed by atoms with Gasteiger partial charge in [-0.25, -0.2) is 4.39 Å². The van der Waals surface area contributed by atoms with Crippen LogP contribution >= 0.6 is 0 Å². The molecule has 0 aliphatic carbocycles. The van der Waals surface area contributed by atoms with E-state index in [1.165, 1.54) is 12.1 Å². The van der Waals surface area contributed by atoms with Crippen LogP contribution < -0.4 is 10.6 Å². The zero-order valence-electron chi connectivity index (χ0n) is 18.5.